The third-order valence-electron chi connectivity index (χ3n) is 4.75. The number of carbonyl (C=O) groups excluding carboxylic acids is 2. The lowest BCUT2D eigenvalue weighted by atomic mass is 9.99. The zero-order valence-corrected chi connectivity index (χ0v) is 17.8. The molecule has 0 atom stereocenters. The molecule has 2 heteroatoms. The van der Waals surface area contributed by atoms with Gasteiger partial charge < -0.3 is 4.79 Å². The zero-order chi connectivity index (χ0) is 21.3. The van der Waals surface area contributed by atoms with Crippen molar-refractivity contribution in [1.29, 1.82) is 0 Å². The highest BCUT2D eigenvalue weighted by Gasteiger charge is 2.09. The number of aryl methyl sites for hydroxylation is 6. The standard InChI is InChI=1S/C16H16O.C9H12.CH2O/c1-11-4-7-14(8-5-11)16(17)15-9-6-12(2)13(3)10-15;1-7-4-5-8(2)9(3)6-7;1-2/h4-10H,1-3H3;4-6H,1-3H3;1H2. The molecule has 0 fully saturated rings. The van der Waals surface area contributed by atoms with Crippen molar-refractivity contribution in [3.63, 3.8) is 0 Å². The largest absolute Gasteiger partial charge is 0.307 e. The van der Waals surface area contributed by atoms with E-state index in [0.717, 1.165) is 16.7 Å². The Bertz CT molecular complexity index is 922. The summed E-state index contributed by atoms with van der Waals surface area (Å²) in [6.45, 7) is 14.5. The minimum atomic E-state index is 0.0908. The van der Waals surface area contributed by atoms with Crippen LogP contribution in [0.2, 0.25) is 0 Å². The fraction of sp³-hybridized carbons (Fsp3) is 0.231. The van der Waals surface area contributed by atoms with Crippen LogP contribution in [0.1, 0.15) is 49.3 Å². The van der Waals surface area contributed by atoms with Gasteiger partial charge in [0.2, 0.25) is 0 Å². The topological polar surface area (TPSA) is 34.1 Å². The molecule has 0 spiro atoms. The van der Waals surface area contributed by atoms with Crippen molar-refractivity contribution < 1.29 is 9.59 Å². The van der Waals surface area contributed by atoms with Crippen LogP contribution in [0.25, 0.3) is 0 Å². The van der Waals surface area contributed by atoms with Crippen LogP contribution < -0.4 is 0 Å². The third kappa shape index (κ3) is 6.62. The molecule has 0 N–H and O–H groups in total. The van der Waals surface area contributed by atoms with E-state index in [1.807, 2.05) is 63.1 Å². The van der Waals surface area contributed by atoms with Crippen LogP contribution in [0.4, 0.5) is 0 Å². The molecule has 0 aliphatic heterocycles. The summed E-state index contributed by atoms with van der Waals surface area (Å²) in [5.41, 5.74) is 9.15. The van der Waals surface area contributed by atoms with E-state index in [9.17, 15) is 4.79 Å². The first-order valence-electron chi connectivity index (χ1n) is 9.29. The molecule has 146 valence electrons. The fourth-order valence-electron chi connectivity index (χ4n) is 2.65. The Morgan fingerprint density at radius 1 is 0.536 bits per heavy atom. The summed E-state index contributed by atoms with van der Waals surface area (Å²) in [5, 5.41) is 0. The van der Waals surface area contributed by atoms with Crippen LogP contribution in [0, 0.1) is 41.5 Å². The lowest BCUT2D eigenvalue weighted by Crippen LogP contribution is -2.01. The minimum absolute atomic E-state index is 0.0908. The second-order valence-electron chi connectivity index (χ2n) is 7.08. The van der Waals surface area contributed by atoms with E-state index in [2.05, 4.69) is 45.9 Å². The molecule has 0 saturated carbocycles. The summed E-state index contributed by atoms with van der Waals surface area (Å²) in [6.07, 6.45) is 0. The lowest BCUT2D eigenvalue weighted by Gasteiger charge is -2.05. The summed E-state index contributed by atoms with van der Waals surface area (Å²) >= 11 is 0. The highest BCUT2D eigenvalue weighted by Crippen LogP contribution is 2.15. The Morgan fingerprint density at radius 2 is 0.964 bits per heavy atom. The van der Waals surface area contributed by atoms with Gasteiger partial charge in [-0.3, -0.25) is 4.79 Å². The maximum Gasteiger partial charge on any atom is 0.193 e. The normalized spacial score (nSPS) is 9.50. The average molecular weight is 375 g/mol. The van der Waals surface area contributed by atoms with Crippen molar-refractivity contribution in [1.82, 2.24) is 0 Å². The number of carbonyl (C=O) groups is 2. The molecule has 0 bridgehead atoms. The van der Waals surface area contributed by atoms with Crippen LogP contribution in [-0.4, -0.2) is 12.6 Å². The van der Waals surface area contributed by atoms with Crippen molar-refractivity contribution in [3.05, 3.63) is 105 Å². The van der Waals surface area contributed by atoms with Crippen molar-refractivity contribution in [2.24, 2.45) is 0 Å². The Labute approximate surface area is 169 Å². The van der Waals surface area contributed by atoms with Gasteiger partial charge in [0.15, 0.2) is 5.78 Å². The predicted molar refractivity (Wildman–Crippen MR) is 118 cm³/mol. The number of ketones is 1. The quantitative estimate of drug-likeness (QED) is 0.495. The Morgan fingerprint density at radius 3 is 1.43 bits per heavy atom. The maximum absolute atomic E-state index is 12.2. The molecule has 0 amide bonds. The molecule has 3 aromatic carbocycles. The monoisotopic (exact) mass is 374 g/mol. The second kappa shape index (κ2) is 11.0. The lowest BCUT2D eigenvalue weighted by molar-refractivity contribution is -0.0980. The van der Waals surface area contributed by atoms with E-state index < -0.39 is 0 Å². The van der Waals surface area contributed by atoms with Gasteiger partial charge in [0.1, 0.15) is 6.79 Å². The van der Waals surface area contributed by atoms with Crippen LogP contribution in [0.3, 0.4) is 0 Å². The first-order chi connectivity index (χ1) is 13.3. The second-order valence-corrected chi connectivity index (χ2v) is 7.08. The van der Waals surface area contributed by atoms with Gasteiger partial charge >= 0.3 is 0 Å². The van der Waals surface area contributed by atoms with Crippen molar-refractivity contribution in [2.75, 3.05) is 0 Å². The van der Waals surface area contributed by atoms with Gasteiger partial charge in [-0.2, -0.15) is 0 Å². The van der Waals surface area contributed by atoms with Crippen molar-refractivity contribution in [2.45, 2.75) is 41.5 Å². The molecule has 2 nitrogen and oxygen atoms in total. The minimum Gasteiger partial charge on any atom is -0.307 e. The highest BCUT2D eigenvalue weighted by atomic mass is 16.1. The smallest absolute Gasteiger partial charge is 0.193 e. The van der Waals surface area contributed by atoms with Gasteiger partial charge in [-0.15, -0.1) is 0 Å². The summed E-state index contributed by atoms with van der Waals surface area (Å²) in [5.74, 6) is 0.0908. The zero-order valence-electron chi connectivity index (χ0n) is 17.8. The Hall–Kier alpha value is -3.00. The number of hydrogen-bond acceptors (Lipinski definition) is 2. The maximum atomic E-state index is 12.2. The summed E-state index contributed by atoms with van der Waals surface area (Å²) < 4.78 is 0. The van der Waals surface area contributed by atoms with Crippen LogP contribution in [-0.2, 0) is 4.79 Å². The molecule has 0 heterocycles. The average Bonchev–Trinajstić information content (AvgIpc) is 2.69. The molecule has 0 aliphatic carbocycles. The molecular formula is C26H30O2. The number of hydrogen-bond donors (Lipinski definition) is 0. The third-order valence-corrected chi connectivity index (χ3v) is 4.75. The molecule has 3 aromatic rings. The molecule has 0 unspecified atom stereocenters. The molecule has 0 radical (unpaired) electrons. The summed E-state index contributed by atoms with van der Waals surface area (Å²) in [6, 6.07) is 20.0. The number of benzene rings is 3. The van der Waals surface area contributed by atoms with E-state index in [-0.39, 0.29) is 5.78 Å². The molecule has 28 heavy (non-hydrogen) atoms. The molecule has 0 aliphatic rings. The summed E-state index contributed by atoms with van der Waals surface area (Å²) in [4.78, 5) is 20.2. The van der Waals surface area contributed by atoms with Crippen LogP contribution >= 0.6 is 0 Å². The van der Waals surface area contributed by atoms with Crippen LogP contribution in [0.15, 0.2) is 60.7 Å². The highest BCUT2D eigenvalue weighted by molar-refractivity contribution is 6.09. The Kier molecular flexibility index (Phi) is 9.04. The first-order valence-corrected chi connectivity index (χ1v) is 9.29. The van der Waals surface area contributed by atoms with Gasteiger partial charge in [0.05, 0.1) is 0 Å². The molecular weight excluding hydrogens is 344 g/mol. The van der Waals surface area contributed by atoms with Gasteiger partial charge in [-0.1, -0.05) is 65.7 Å². The van der Waals surface area contributed by atoms with E-state index >= 15 is 0 Å². The SMILES string of the molecule is C=O.Cc1ccc(C(=O)c2ccc(C)c(C)c2)cc1.Cc1ccc(C)c(C)c1. The molecule has 0 saturated heterocycles. The van der Waals surface area contributed by atoms with E-state index in [1.165, 1.54) is 27.8 Å². The van der Waals surface area contributed by atoms with E-state index in [1.54, 1.807) is 0 Å². The summed E-state index contributed by atoms with van der Waals surface area (Å²) in [7, 11) is 0. The van der Waals surface area contributed by atoms with Crippen LogP contribution in [0.5, 0.6) is 0 Å². The van der Waals surface area contributed by atoms with Gasteiger partial charge in [0, 0.05) is 11.1 Å². The van der Waals surface area contributed by atoms with E-state index in [0.29, 0.717) is 0 Å². The number of rotatable bonds is 2. The van der Waals surface area contributed by atoms with E-state index in [4.69, 9.17) is 4.79 Å². The van der Waals surface area contributed by atoms with Crippen molar-refractivity contribution >= 4 is 12.6 Å². The fourth-order valence-corrected chi connectivity index (χ4v) is 2.65. The Balaban J connectivity index is 0.000000301. The first kappa shape index (κ1) is 23.0. The molecule has 0 aromatic heterocycles. The van der Waals surface area contributed by atoms with Gasteiger partial charge in [0.25, 0.3) is 0 Å². The predicted octanol–water partition coefficient (Wildman–Crippen LogP) is 6.27. The van der Waals surface area contributed by atoms with Gasteiger partial charge in [-0.25, -0.2) is 0 Å². The van der Waals surface area contributed by atoms with Crippen molar-refractivity contribution in [3.8, 4) is 0 Å². The molecule has 3 rings (SSSR count). The van der Waals surface area contributed by atoms with Gasteiger partial charge in [-0.05, 0) is 69.9 Å².